The van der Waals surface area contributed by atoms with E-state index >= 15 is 0 Å². The first-order valence-corrected chi connectivity index (χ1v) is 13.6. The highest BCUT2D eigenvalue weighted by molar-refractivity contribution is 7.89. The molecule has 0 atom stereocenters. The third kappa shape index (κ3) is 4.13. The first-order chi connectivity index (χ1) is 17.5. The van der Waals surface area contributed by atoms with E-state index in [0.717, 1.165) is 56.4 Å². The molecule has 1 aliphatic rings. The predicted molar refractivity (Wildman–Crippen MR) is 141 cm³/mol. The molecule has 6 rings (SSSR count). The molecule has 10 heteroatoms. The highest BCUT2D eigenvalue weighted by atomic mass is 32.2. The number of nitrogens with zero attached hydrogens (tertiary/aromatic N) is 5. The summed E-state index contributed by atoms with van der Waals surface area (Å²) in [5.41, 5.74) is 5.86. The number of hydrogen-bond acceptors (Lipinski definition) is 8. The molecule has 0 saturated carbocycles. The number of nitrogens with one attached hydrogen (secondary N) is 1. The molecule has 8 nitrogen and oxygen atoms in total. The van der Waals surface area contributed by atoms with Gasteiger partial charge in [-0.1, -0.05) is 42.0 Å². The Hall–Kier alpha value is -3.73. The Kier molecular flexibility index (Phi) is 5.71. The Morgan fingerprint density at radius 1 is 1.00 bits per heavy atom. The van der Waals surface area contributed by atoms with Gasteiger partial charge in [-0.3, -0.25) is 4.98 Å². The first kappa shape index (κ1) is 22.7. The van der Waals surface area contributed by atoms with E-state index in [-0.39, 0.29) is 11.6 Å². The van der Waals surface area contributed by atoms with Crippen LogP contribution in [0.3, 0.4) is 0 Å². The van der Waals surface area contributed by atoms with Gasteiger partial charge in [0.2, 0.25) is 5.03 Å². The van der Waals surface area contributed by atoms with Crippen LogP contribution in [-0.2, 0) is 23.0 Å². The fourth-order valence-corrected chi connectivity index (χ4v) is 6.80. The molecular formula is C26H22N6O2S2. The van der Waals surface area contributed by atoms with Crippen molar-refractivity contribution in [1.29, 1.82) is 0 Å². The van der Waals surface area contributed by atoms with Crippen molar-refractivity contribution in [2.45, 2.75) is 24.9 Å². The number of rotatable bonds is 5. The first-order valence-electron chi connectivity index (χ1n) is 11.5. The van der Waals surface area contributed by atoms with Crippen LogP contribution in [0.5, 0.6) is 0 Å². The molecule has 1 N–H and O–H groups in total. The summed E-state index contributed by atoms with van der Waals surface area (Å²) in [6.07, 6.45) is 4.02. The summed E-state index contributed by atoms with van der Waals surface area (Å²) >= 11 is 0.916. The lowest BCUT2D eigenvalue weighted by atomic mass is 10.0. The van der Waals surface area contributed by atoms with Crippen molar-refractivity contribution < 1.29 is 8.42 Å². The van der Waals surface area contributed by atoms with E-state index in [4.69, 9.17) is 0 Å². The molecule has 180 valence electrons. The van der Waals surface area contributed by atoms with Crippen molar-refractivity contribution >= 4 is 44.2 Å². The average molecular weight is 515 g/mol. The largest absolute Gasteiger partial charge is 0.339 e. The van der Waals surface area contributed by atoms with Gasteiger partial charge in [-0.25, -0.2) is 13.4 Å². The number of anilines is 2. The fourth-order valence-electron chi connectivity index (χ4n) is 4.49. The number of para-hydroxylation sites is 1. The fraction of sp³-hybridized carbons (Fsp3) is 0.154. The molecule has 0 amide bonds. The van der Waals surface area contributed by atoms with Crippen LogP contribution >= 0.6 is 11.7 Å². The summed E-state index contributed by atoms with van der Waals surface area (Å²) in [4.78, 5) is 9.05. The van der Waals surface area contributed by atoms with Gasteiger partial charge in [0.25, 0.3) is 10.0 Å². The zero-order chi connectivity index (χ0) is 24.7. The average Bonchev–Trinajstić information content (AvgIpc) is 3.40. The van der Waals surface area contributed by atoms with Crippen LogP contribution in [0.25, 0.3) is 22.2 Å². The molecule has 0 saturated heterocycles. The summed E-state index contributed by atoms with van der Waals surface area (Å²) in [6.45, 7) is 2.54. The van der Waals surface area contributed by atoms with Gasteiger partial charge in [-0.05, 0) is 43.2 Å². The minimum atomic E-state index is -3.83. The van der Waals surface area contributed by atoms with Gasteiger partial charge in [0.15, 0.2) is 0 Å². The van der Waals surface area contributed by atoms with Gasteiger partial charge in [0.05, 0.1) is 29.1 Å². The van der Waals surface area contributed by atoms with Gasteiger partial charge in [0.1, 0.15) is 11.5 Å². The second-order valence-electron chi connectivity index (χ2n) is 8.71. The van der Waals surface area contributed by atoms with E-state index in [9.17, 15) is 8.42 Å². The van der Waals surface area contributed by atoms with Crippen LogP contribution < -0.4 is 5.32 Å². The Labute approximate surface area is 213 Å². The van der Waals surface area contributed by atoms with Crippen LogP contribution in [0.15, 0.2) is 78.1 Å². The van der Waals surface area contributed by atoms with Crippen molar-refractivity contribution in [2.24, 2.45) is 0 Å². The topological polar surface area (TPSA) is 101 Å². The van der Waals surface area contributed by atoms with Crippen LogP contribution in [0.2, 0.25) is 0 Å². The molecule has 0 aliphatic carbocycles. The number of benzene rings is 2. The molecule has 36 heavy (non-hydrogen) atoms. The Morgan fingerprint density at radius 2 is 1.89 bits per heavy atom. The quantitative estimate of drug-likeness (QED) is 0.354. The van der Waals surface area contributed by atoms with Gasteiger partial charge >= 0.3 is 0 Å². The maximum absolute atomic E-state index is 13.6. The van der Waals surface area contributed by atoms with Crippen LogP contribution in [0.4, 0.5) is 11.5 Å². The maximum Gasteiger partial charge on any atom is 0.264 e. The van der Waals surface area contributed by atoms with E-state index in [0.29, 0.717) is 18.7 Å². The van der Waals surface area contributed by atoms with Crippen LogP contribution in [0.1, 0.15) is 16.7 Å². The third-order valence-corrected chi connectivity index (χ3v) is 8.71. The minimum absolute atomic E-state index is 0.0104. The second kappa shape index (κ2) is 9.05. The summed E-state index contributed by atoms with van der Waals surface area (Å²) in [7, 11) is -3.83. The van der Waals surface area contributed by atoms with Gasteiger partial charge in [-0.15, -0.1) is 0 Å². The molecule has 5 aromatic rings. The highest BCUT2D eigenvalue weighted by Gasteiger charge is 2.34. The highest BCUT2D eigenvalue weighted by Crippen LogP contribution is 2.33. The van der Waals surface area contributed by atoms with E-state index in [1.165, 1.54) is 4.31 Å². The van der Waals surface area contributed by atoms with Gasteiger partial charge < -0.3 is 5.32 Å². The zero-order valence-corrected chi connectivity index (χ0v) is 21.1. The normalized spacial score (nSPS) is 14.0. The number of hydrogen-bond donors (Lipinski definition) is 1. The van der Waals surface area contributed by atoms with Gasteiger partial charge in [-0.2, -0.15) is 13.1 Å². The number of aryl methyl sites for hydroxylation is 1. The number of fused-ring (bicyclic) bond motifs is 2. The third-order valence-electron chi connectivity index (χ3n) is 6.30. The van der Waals surface area contributed by atoms with Crippen molar-refractivity contribution in [3.63, 3.8) is 0 Å². The molecule has 0 bridgehead atoms. The molecule has 0 unspecified atom stereocenters. The second-order valence-corrected chi connectivity index (χ2v) is 11.1. The van der Waals surface area contributed by atoms with E-state index in [2.05, 4.69) is 24.0 Å². The Balaban J connectivity index is 1.28. The number of aromatic nitrogens is 4. The number of sulfonamides is 1. The number of pyridine rings is 2. The molecule has 0 radical (unpaired) electrons. The minimum Gasteiger partial charge on any atom is -0.339 e. The molecule has 4 heterocycles. The lowest BCUT2D eigenvalue weighted by molar-refractivity contribution is 0.390. The molecule has 0 spiro atoms. The van der Waals surface area contributed by atoms with Crippen LogP contribution in [-0.4, -0.2) is 38.0 Å². The molecule has 3 aromatic heterocycles. The van der Waals surface area contributed by atoms with E-state index in [1.54, 1.807) is 12.4 Å². The predicted octanol–water partition coefficient (Wildman–Crippen LogP) is 4.95. The molecule has 2 aromatic carbocycles. The molecule has 1 aliphatic heterocycles. The van der Waals surface area contributed by atoms with Crippen molar-refractivity contribution in [1.82, 2.24) is 23.0 Å². The monoisotopic (exact) mass is 514 g/mol. The van der Waals surface area contributed by atoms with Crippen molar-refractivity contribution in [3.8, 4) is 11.3 Å². The summed E-state index contributed by atoms with van der Waals surface area (Å²) in [6, 6.07) is 19.5. The Bertz CT molecular complexity index is 1700. The standard InChI is InChI=1S/C26H22N6O2S2/c1-17-5-4-7-19(13-17)24-26(31-35-30-24)36(33,34)32-12-10-22-20(16-32)9-11-27-25(22)29-21-14-18-6-2-3-8-23(18)28-15-21/h2-9,11,13-15H,10,12,16H2,1H3,(H,27,29). The summed E-state index contributed by atoms with van der Waals surface area (Å²) in [5.74, 6) is 0.720. The zero-order valence-electron chi connectivity index (χ0n) is 19.4. The summed E-state index contributed by atoms with van der Waals surface area (Å²) < 4.78 is 37.2. The SMILES string of the molecule is Cc1cccc(-c2nsnc2S(=O)(=O)N2CCc3c(ccnc3Nc3cnc4ccccc4c3)C2)c1. The van der Waals surface area contributed by atoms with Crippen LogP contribution in [0, 0.1) is 6.92 Å². The van der Waals surface area contributed by atoms with E-state index < -0.39 is 10.0 Å². The molecular weight excluding hydrogens is 492 g/mol. The van der Waals surface area contributed by atoms with E-state index in [1.807, 2.05) is 67.6 Å². The van der Waals surface area contributed by atoms with Gasteiger partial charge in [0, 0.05) is 35.8 Å². The smallest absolute Gasteiger partial charge is 0.264 e. The lowest BCUT2D eigenvalue weighted by Gasteiger charge is -2.28. The summed E-state index contributed by atoms with van der Waals surface area (Å²) in [5, 5.41) is 4.42. The van der Waals surface area contributed by atoms with Crippen molar-refractivity contribution in [3.05, 3.63) is 89.7 Å². The Morgan fingerprint density at radius 3 is 2.78 bits per heavy atom. The maximum atomic E-state index is 13.6. The lowest BCUT2D eigenvalue weighted by Crippen LogP contribution is -2.36. The van der Waals surface area contributed by atoms with Crippen molar-refractivity contribution in [2.75, 3.05) is 11.9 Å². The molecule has 0 fully saturated rings.